The summed E-state index contributed by atoms with van der Waals surface area (Å²) in [4.78, 5) is 28.7. The Balaban J connectivity index is 2.10. The van der Waals surface area contributed by atoms with Crippen LogP contribution in [0.1, 0.15) is 49.4 Å². The van der Waals surface area contributed by atoms with E-state index in [1.807, 2.05) is 40.7 Å². The Morgan fingerprint density at radius 3 is 1.98 bits per heavy atom. The van der Waals surface area contributed by atoms with Crippen molar-refractivity contribution < 1.29 is 18.0 Å². The molecule has 3 aromatic rings. The van der Waals surface area contributed by atoms with Crippen molar-refractivity contribution in [1.29, 1.82) is 0 Å². The first kappa shape index (κ1) is 32.4. The smallest absolute Gasteiger partial charge is 0.264 e. The Bertz CT molecular complexity index is 1470. The molecule has 1 N–H and O–H groups in total. The summed E-state index contributed by atoms with van der Waals surface area (Å²) in [5.74, 6) is -0.946. The SMILES string of the molecule is CCC(C)NC(=O)C(C)N(Cc1c(Cl)cccc1Cl)C(=O)CN(c1cc(C)cc(C)c1)S(=O)(=O)c1ccc(C)cc1. The van der Waals surface area contributed by atoms with Crippen LogP contribution in [0.5, 0.6) is 0 Å². The minimum absolute atomic E-state index is 0.0540. The number of nitrogens with one attached hydrogen (secondary N) is 1. The van der Waals surface area contributed by atoms with Gasteiger partial charge in [0.2, 0.25) is 11.8 Å². The van der Waals surface area contributed by atoms with Crippen molar-refractivity contribution in [3.05, 3.63) is 93.0 Å². The highest BCUT2D eigenvalue weighted by molar-refractivity contribution is 7.92. The first-order valence-electron chi connectivity index (χ1n) is 13.4. The van der Waals surface area contributed by atoms with E-state index in [1.165, 1.54) is 17.0 Å². The quantitative estimate of drug-likeness (QED) is 0.268. The van der Waals surface area contributed by atoms with Gasteiger partial charge in [0.15, 0.2) is 0 Å². The van der Waals surface area contributed by atoms with Gasteiger partial charge in [-0.3, -0.25) is 13.9 Å². The number of hydrogen-bond donors (Lipinski definition) is 1. The van der Waals surface area contributed by atoms with Gasteiger partial charge in [0, 0.05) is 28.2 Å². The summed E-state index contributed by atoms with van der Waals surface area (Å²) in [6, 6.07) is 15.8. The molecule has 0 spiro atoms. The lowest BCUT2D eigenvalue weighted by molar-refractivity contribution is -0.139. The summed E-state index contributed by atoms with van der Waals surface area (Å²) in [6.07, 6.45) is 0.706. The maximum absolute atomic E-state index is 14.1. The molecule has 41 heavy (non-hydrogen) atoms. The fourth-order valence-electron chi connectivity index (χ4n) is 4.36. The number of aryl methyl sites for hydroxylation is 3. The van der Waals surface area contributed by atoms with E-state index in [-0.39, 0.29) is 23.4 Å². The Hall–Kier alpha value is -3.07. The van der Waals surface area contributed by atoms with Crippen molar-refractivity contribution in [1.82, 2.24) is 10.2 Å². The number of sulfonamides is 1. The third-order valence-electron chi connectivity index (χ3n) is 6.94. The molecule has 0 fully saturated rings. The van der Waals surface area contributed by atoms with Crippen molar-refractivity contribution in [2.75, 3.05) is 10.8 Å². The molecule has 2 amide bonds. The zero-order valence-electron chi connectivity index (χ0n) is 24.2. The van der Waals surface area contributed by atoms with Gasteiger partial charge < -0.3 is 10.2 Å². The number of amides is 2. The summed E-state index contributed by atoms with van der Waals surface area (Å²) < 4.78 is 29.1. The van der Waals surface area contributed by atoms with Crippen LogP contribution < -0.4 is 9.62 Å². The molecule has 0 bridgehead atoms. The molecule has 0 saturated heterocycles. The number of rotatable bonds is 11. The van der Waals surface area contributed by atoms with Crippen LogP contribution in [-0.2, 0) is 26.2 Å². The van der Waals surface area contributed by atoms with E-state index in [0.717, 1.165) is 21.0 Å². The molecule has 0 aliphatic carbocycles. The van der Waals surface area contributed by atoms with Crippen LogP contribution in [0.3, 0.4) is 0 Å². The molecule has 0 aromatic heterocycles. The van der Waals surface area contributed by atoms with E-state index in [1.54, 1.807) is 49.4 Å². The predicted molar refractivity (Wildman–Crippen MR) is 166 cm³/mol. The highest BCUT2D eigenvalue weighted by atomic mass is 35.5. The van der Waals surface area contributed by atoms with E-state index in [2.05, 4.69) is 5.32 Å². The lowest BCUT2D eigenvalue weighted by Crippen LogP contribution is -2.52. The lowest BCUT2D eigenvalue weighted by atomic mass is 10.1. The van der Waals surface area contributed by atoms with E-state index >= 15 is 0 Å². The maximum atomic E-state index is 14.1. The van der Waals surface area contributed by atoms with Crippen molar-refractivity contribution in [3.63, 3.8) is 0 Å². The Morgan fingerprint density at radius 1 is 0.878 bits per heavy atom. The maximum Gasteiger partial charge on any atom is 0.264 e. The summed E-state index contributed by atoms with van der Waals surface area (Å²) in [6.45, 7) is 10.4. The molecule has 2 atom stereocenters. The fourth-order valence-corrected chi connectivity index (χ4v) is 6.28. The van der Waals surface area contributed by atoms with Crippen LogP contribution in [0.25, 0.3) is 0 Å². The molecule has 0 heterocycles. The number of nitrogens with zero attached hydrogens (tertiary/aromatic N) is 2. The monoisotopic (exact) mass is 617 g/mol. The normalized spacial score (nSPS) is 12.9. The van der Waals surface area contributed by atoms with Crippen LogP contribution in [0.15, 0.2) is 65.6 Å². The molecular weight excluding hydrogens is 581 g/mol. The van der Waals surface area contributed by atoms with Gasteiger partial charge in [0.05, 0.1) is 10.6 Å². The van der Waals surface area contributed by atoms with Crippen LogP contribution in [0.2, 0.25) is 10.0 Å². The van der Waals surface area contributed by atoms with Crippen LogP contribution in [0.4, 0.5) is 5.69 Å². The molecule has 3 aromatic carbocycles. The second-order valence-corrected chi connectivity index (χ2v) is 13.1. The second-order valence-electron chi connectivity index (χ2n) is 10.4. The molecule has 0 aliphatic rings. The molecule has 220 valence electrons. The van der Waals surface area contributed by atoms with Gasteiger partial charge in [-0.05, 0) is 88.6 Å². The number of carbonyl (C=O) groups excluding carboxylic acids is 2. The lowest BCUT2D eigenvalue weighted by Gasteiger charge is -2.33. The predicted octanol–water partition coefficient (Wildman–Crippen LogP) is 6.45. The zero-order chi connectivity index (χ0) is 30.5. The van der Waals surface area contributed by atoms with Gasteiger partial charge >= 0.3 is 0 Å². The summed E-state index contributed by atoms with van der Waals surface area (Å²) in [5, 5.41) is 3.58. The number of anilines is 1. The van der Waals surface area contributed by atoms with E-state index in [4.69, 9.17) is 23.2 Å². The Morgan fingerprint density at radius 2 is 1.44 bits per heavy atom. The van der Waals surface area contributed by atoms with Crippen LogP contribution in [0, 0.1) is 20.8 Å². The van der Waals surface area contributed by atoms with Crippen molar-refractivity contribution >= 4 is 50.7 Å². The third-order valence-corrected chi connectivity index (χ3v) is 9.44. The molecular formula is C31H37Cl2N3O4S. The molecule has 0 radical (unpaired) electrons. The molecule has 0 saturated carbocycles. The van der Waals surface area contributed by atoms with Gasteiger partial charge in [-0.25, -0.2) is 8.42 Å². The Labute approximate surface area is 253 Å². The van der Waals surface area contributed by atoms with Gasteiger partial charge in [0.1, 0.15) is 12.6 Å². The summed E-state index contributed by atoms with van der Waals surface area (Å²) in [5.41, 5.74) is 3.41. The Kier molecular flexibility index (Phi) is 10.9. The molecule has 10 heteroatoms. The summed E-state index contributed by atoms with van der Waals surface area (Å²) in [7, 11) is -4.16. The average Bonchev–Trinajstić information content (AvgIpc) is 2.90. The molecule has 3 rings (SSSR count). The van der Waals surface area contributed by atoms with E-state index < -0.39 is 28.5 Å². The average molecular weight is 619 g/mol. The first-order valence-corrected chi connectivity index (χ1v) is 15.6. The fraction of sp³-hybridized carbons (Fsp3) is 0.355. The third kappa shape index (κ3) is 8.03. The summed E-state index contributed by atoms with van der Waals surface area (Å²) >= 11 is 12.9. The number of carbonyl (C=O) groups is 2. The van der Waals surface area contributed by atoms with Crippen LogP contribution >= 0.6 is 23.2 Å². The molecule has 0 aliphatic heterocycles. The number of halogens is 2. The first-order chi connectivity index (χ1) is 19.2. The molecule has 2 unspecified atom stereocenters. The minimum Gasteiger partial charge on any atom is -0.352 e. The van der Waals surface area contributed by atoms with Crippen molar-refractivity contribution in [2.45, 2.75) is 71.5 Å². The van der Waals surface area contributed by atoms with Crippen molar-refractivity contribution in [2.24, 2.45) is 0 Å². The second kappa shape index (κ2) is 13.7. The number of hydrogen-bond acceptors (Lipinski definition) is 4. The van der Waals surface area contributed by atoms with Gasteiger partial charge in [0.25, 0.3) is 10.0 Å². The highest BCUT2D eigenvalue weighted by Gasteiger charge is 2.33. The van der Waals surface area contributed by atoms with Crippen molar-refractivity contribution in [3.8, 4) is 0 Å². The zero-order valence-corrected chi connectivity index (χ0v) is 26.6. The van der Waals surface area contributed by atoms with E-state index in [0.29, 0.717) is 27.7 Å². The van der Waals surface area contributed by atoms with Crippen LogP contribution in [-0.4, -0.2) is 43.8 Å². The topological polar surface area (TPSA) is 86.8 Å². The van der Waals surface area contributed by atoms with Gasteiger partial charge in [-0.15, -0.1) is 0 Å². The number of benzene rings is 3. The largest absolute Gasteiger partial charge is 0.352 e. The van der Waals surface area contributed by atoms with E-state index in [9.17, 15) is 18.0 Å². The van der Waals surface area contributed by atoms with Gasteiger partial charge in [-0.1, -0.05) is 60.0 Å². The molecule has 7 nitrogen and oxygen atoms in total. The minimum atomic E-state index is -4.16. The standard InChI is InChI=1S/C31H37Cl2N3O4S/c1-7-23(5)34-31(38)24(6)35(18-27-28(32)9-8-10-29(27)33)30(37)19-36(25-16-21(3)15-22(4)17-25)41(39,40)26-13-11-20(2)12-14-26/h8-17,23-24H,7,18-19H2,1-6H3,(H,34,38). The van der Waals surface area contributed by atoms with Gasteiger partial charge in [-0.2, -0.15) is 0 Å². The highest BCUT2D eigenvalue weighted by Crippen LogP contribution is 2.29.